The minimum absolute atomic E-state index is 0.151. The van der Waals surface area contributed by atoms with Gasteiger partial charge in [0.15, 0.2) is 0 Å². The number of anilines is 2. The zero-order chi connectivity index (χ0) is 23.6. The van der Waals surface area contributed by atoms with Crippen molar-refractivity contribution in [2.75, 3.05) is 16.7 Å². The molecule has 1 amide bonds. The Bertz CT molecular complexity index is 1400. The molecular formula is C24H22N4O3S2. The van der Waals surface area contributed by atoms with Crippen LogP contribution in [0, 0.1) is 13.8 Å². The number of para-hydroxylation sites is 1. The first-order valence-corrected chi connectivity index (χ1v) is 12.4. The molecule has 0 saturated heterocycles. The van der Waals surface area contributed by atoms with Gasteiger partial charge in [-0.05, 0) is 38.1 Å². The first-order chi connectivity index (χ1) is 15.8. The van der Waals surface area contributed by atoms with E-state index in [1.807, 2.05) is 38.1 Å². The molecule has 9 heteroatoms. The van der Waals surface area contributed by atoms with Crippen molar-refractivity contribution in [2.24, 2.45) is 0 Å². The predicted octanol–water partition coefficient (Wildman–Crippen LogP) is 4.90. The number of hydrogen-bond acceptors (Lipinski definition) is 6. The van der Waals surface area contributed by atoms with Gasteiger partial charge in [0.25, 0.3) is 15.9 Å². The van der Waals surface area contributed by atoms with Crippen molar-refractivity contribution in [3.8, 4) is 10.6 Å². The second kappa shape index (κ2) is 9.13. The molecule has 0 atom stereocenters. The second-order valence-electron chi connectivity index (χ2n) is 7.54. The van der Waals surface area contributed by atoms with Crippen molar-refractivity contribution < 1.29 is 13.2 Å². The van der Waals surface area contributed by atoms with Crippen LogP contribution in [0.3, 0.4) is 0 Å². The zero-order valence-corrected chi connectivity index (χ0v) is 19.9. The Hall–Kier alpha value is -3.56. The normalized spacial score (nSPS) is 11.2. The van der Waals surface area contributed by atoms with Crippen LogP contribution in [-0.2, 0) is 10.0 Å². The molecule has 0 saturated carbocycles. The summed E-state index contributed by atoms with van der Waals surface area (Å²) in [5, 5.41) is 12.0. The maximum atomic E-state index is 13.1. The molecule has 4 aromatic rings. The Labute approximate surface area is 196 Å². The number of aryl methyl sites for hydroxylation is 2. The molecule has 0 spiro atoms. The molecule has 33 heavy (non-hydrogen) atoms. The first kappa shape index (κ1) is 22.6. The van der Waals surface area contributed by atoms with Crippen molar-refractivity contribution >= 4 is 38.1 Å². The highest BCUT2D eigenvalue weighted by Crippen LogP contribution is 2.29. The molecular weight excluding hydrogens is 456 g/mol. The lowest BCUT2D eigenvalue weighted by Crippen LogP contribution is -2.29. The largest absolute Gasteiger partial charge is 0.296 e. The summed E-state index contributed by atoms with van der Waals surface area (Å²) in [5.41, 5.74) is 3.47. The molecule has 1 N–H and O–H groups in total. The molecule has 168 valence electrons. The van der Waals surface area contributed by atoms with Gasteiger partial charge in [0.1, 0.15) is 5.01 Å². The molecule has 1 heterocycles. The number of carbonyl (C=O) groups excluding carboxylic acids is 1. The van der Waals surface area contributed by atoms with Gasteiger partial charge < -0.3 is 0 Å². The van der Waals surface area contributed by atoms with E-state index < -0.39 is 15.9 Å². The summed E-state index contributed by atoms with van der Waals surface area (Å²) in [6.07, 6.45) is 0. The molecule has 3 aromatic carbocycles. The summed E-state index contributed by atoms with van der Waals surface area (Å²) < 4.78 is 27.4. The number of carbonyl (C=O) groups is 1. The van der Waals surface area contributed by atoms with Gasteiger partial charge in [-0.15, -0.1) is 10.2 Å². The SMILES string of the molecule is Cc1ccc(-c2nnc(NC(=O)c3ccccc3N(C)S(=O)(=O)c3ccc(C)cc3)s2)cc1. The standard InChI is InChI=1S/C24H22N4O3S2/c1-16-8-12-18(13-9-16)23-26-27-24(32-23)25-22(29)20-6-4-5-7-21(20)28(3)33(30,31)19-14-10-17(2)11-15-19/h4-15H,1-3H3,(H,25,27,29). The number of nitrogens with zero attached hydrogens (tertiary/aromatic N) is 3. The highest BCUT2D eigenvalue weighted by Gasteiger charge is 2.25. The number of aromatic nitrogens is 2. The Kier molecular flexibility index (Phi) is 6.26. The van der Waals surface area contributed by atoms with E-state index in [-0.39, 0.29) is 16.1 Å². The van der Waals surface area contributed by atoms with Crippen LogP contribution in [0.4, 0.5) is 10.8 Å². The molecule has 4 rings (SSSR count). The van der Waals surface area contributed by atoms with Crippen LogP contribution in [0.1, 0.15) is 21.5 Å². The van der Waals surface area contributed by atoms with Crippen molar-refractivity contribution in [3.05, 3.63) is 89.5 Å². The van der Waals surface area contributed by atoms with Crippen LogP contribution in [0.25, 0.3) is 10.6 Å². The van der Waals surface area contributed by atoms with Crippen molar-refractivity contribution in [1.82, 2.24) is 10.2 Å². The number of rotatable bonds is 6. The average Bonchev–Trinajstić information content (AvgIpc) is 3.27. The summed E-state index contributed by atoms with van der Waals surface area (Å²) in [6.45, 7) is 3.89. The van der Waals surface area contributed by atoms with Crippen LogP contribution in [0.2, 0.25) is 0 Å². The summed E-state index contributed by atoms with van der Waals surface area (Å²) in [5.74, 6) is -0.469. The number of sulfonamides is 1. The monoisotopic (exact) mass is 478 g/mol. The van der Waals surface area contributed by atoms with E-state index in [0.29, 0.717) is 10.1 Å². The quantitative estimate of drug-likeness (QED) is 0.426. The van der Waals surface area contributed by atoms with E-state index in [2.05, 4.69) is 15.5 Å². The fourth-order valence-corrected chi connectivity index (χ4v) is 5.15. The van der Waals surface area contributed by atoms with Gasteiger partial charge in [0, 0.05) is 12.6 Å². The zero-order valence-electron chi connectivity index (χ0n) is 18.3. The van der Waals surface area contributed by atoms with Gasteiger partial charge in [0.05, 0.1) is 16.1 Å². The minimum atomic E-state index is -3.85. The van der Waals surface area contributed by atoms with E-state index in [1.54, 1.807) is 48.5 Å². The summed E-state index contributed by atoms with van der Waals surface area (Å²) in [7, 11) is -2.41. The number of hydrogen-bond donors (Lipinski definition) is 1. The average molecular weight is 479 g/mol. The molecule has 0 unspecified atom stereocenters. The smallest absolute Gasteiger partial charge is 0.264 e. The molecule has 0 aliphatic carbocycles. The number of nitrogens with one attached hydrogen (secondary N) is 1. The molecule has 0 radical (unpaired) electrons. The van der Waals surface area contributed by atoms with Gasteiger partial charge >= 0.3 is 0 Å². The maximum Gasteiger partial charge on any atom is 0.264 e. The van der Waals surface area contributed by atoms with E-state index in [4.69, 9.17) is 0 Å². The number of benzene rings is 3. The fraction of sp³-hybridized carbons (Fsp3) is 0.125. The van der Waals surface area contributed by atoms with Crippen LogP contribution >= 0.6 is 11.3 Å². The van der Waals surface area contributed by atoms with Crippen LogP contribution in [0.15, 0.2) is 77.7 Å². The third kappa shape index (κ3) is 4.79. The van der Waals surface area contributed by atoms with Gasteiger partial charge in [-0.2, -0.15) is 0 Å². The topological polar surface area (TPSA) is 92.3 Å². The molecule has 0 fully saturated rings. The van der Waals surface area contributed by atoms with Crippen LogP contribution in [-0.4, -0.2) is 31.6 Å². The van der Waals surface area contributed by atoms with Gasteiger partial charge in [-0.25, -0.2) is 8.42 Å². The van der Waals surface area contributed by atoms with Gasteiger partial charge in [-0.3, -0.25) is 14.4 Å². The molecule has 7 nitrogen and oxygen atoms in total. The molecule has 0 aliphatic heterocycles. The second-order valence-corrected chi connectivity index (χ2v) is 10.5. The Balaban J connectivity index is 1.59. The molecule has 0 bridgehead atoms. The van der Waals surface area contributed by atoms with Crippen molar-refractivity contribution in [3.63, 3.8) is 0 Å². The maximum absolute atomic E-state index is 13.1. The highest BCUT2D eigenvalue weighted by atomic mass is 32.2. The van der Waals surface area contributed by atoms with Crippen LogP contribution in [0.5, 0.6) is 0 Å². The van der Waals surface area contributed by atoms with Gasteiger partial charge in [0.2, 0.25) is 5.13 Å². The van der Waals surface area contributed by atoms with Crippen molar-refractivity contribution in [1.29, 1.82) is 0 Å². The lowest BCUT2D eigenvalue weighted by Gasteiger charge is -2.22. The summed E-state index contributed by atoms with van der Waals surface area (Å²) in [6, 6.07) is 21.0. The Morgan fingerprint density at radius 3 is 2.15 bits per heavy atom. The summed E-state index contributed by atoms with van der Waals surface area (Å²) in [4.78, 5) is 13.2. The molecule has 0 aliphatic rings. The van der Waals surface area contributed by atoms with E-state index in [0.717, 1.165) is 21.0 Å². The Morgan fingerprint density at radius 2 is 1.48 bits per heavy atom. The third-order valence-corrected chi connectivity index (χ3v) is 7.78. The van der Waals surface area contributed by atoms with E-state index in [9.17, 15) is 13.2 Å². The van der Waals surface area contributed by atoms with E-state index >= 15 is 0 Å². The highest BCUT2D eigenvalue weighted by molar-refractivity contribution is 7.92. The van der Waals surface area contributed by atoms with E-state index in [1.165, 1.54) is 18.4 Å². The third-order valence-electron chi connectivity index (χ3n) is 5.11. The van der Waals surface area contributed by atoms with Crippen molar-refractivity contribution in [2.45, 2.75) is 18.7 Å². The lowest BCUT2D eigenvalue weighted by molar-refractivity contribution is 0.102. The minimum Gasteiger partial charge on any atom is -0.296 e. The van der Waals surface area contributed by atoms with Gasteiger partial charge in [-0.1, -0.05) is 71.0 Å². The summed E-state index contributed by atoms with van der Waals surface area (Å²) >= 11 is 1.25. The first-order valence-electron chi connectivity index (χ1n) is 10.1. The Morgan fingerprint density at radius 1 is 0.879 bits per heavy atom. The van der Waals surface area contributed by atoms with Crippen LogP contribution < -0.4 is 9.62 Å². The fourth-order valence-electron chi connectivity index (χ4n) is 3.19. The lowest BCUT2D eigenvalue weighted by atomic mass is 10.1. The number of amides is 1. The molecule has 1 aromatic heterocycles. The predicted molar refractivity (Wildman–Crippen MR) is 131 cm³/mol.